The molecular weight excluding hydrogens is 552 g/mol. The van der Waals surface area contributed by atoms with Gasteiger partial charge in [0.1, 0.15) is 11.3 Å². The Hall–Kier alpha value is -3.67. The number of phenols is 2. The minimum atomic E-state index is -1.50. The van der Waals surface area contributed by atoms with E-state index in [9.17, 15) is 29.7 Å². The summed E-state index contributed by atoms with van der Waals surface area (Å²) in [5, 5.41) is 32.2. The minimum Gasteiger partial charge on any atom is -0.510 e. The Morgan fingerprint density at radius 2 is 1.57 bits per heavy atom. The first kappa shape index (κ1) is 34.8. The zero-order valence-electron chi connectivity index (χ0n) is 27.9. The SMILES string of the molecule is C=C(C)[C@H](CC=C(C)C)C[C@@]12C[C@@H](CC=C(C)C)C(C)(C)[C@@H](C=C(C)C)[C@H](C(=O)C(C(=O)c3ccc(O)c(O)c3)=C1O)C2=O. The highest BCUT2D eigenvalue weighted by atomic mass is 16.3. The molecule has 0 radical (unpaired) electrons. The summed E-state index contributed by atoms with van der Waals surface area (Å²) in [5.74, 6) is -5.23. The van der Waals surface area contributed by atoms with E-state index in [4.69, 9.17) is 0 Å². The van der Waals surface area contributed by atoms with Gasteiger partial charge in [0.05, 0.1) is 11.3 Å². The van der Waals surface area contributed by atoms with Crippen LogP contribution in [0, 0.1) is 34.5 Å². The van der Waals surface area contributed by atoms with Crippen molar-refractivity contribution >= 4 is 17.3 Å². The van der Waals surface area contributed by atoms with Gasteiger partial charge in [0.25, 0.3) is 0 Å². The average Bonchev–Trinajstić information content (AvgIpc) is 2.96. The zero-order chi connectivity index (χ0) is 33.3. The predicted molar refractivity (Wildman–Crippen MR) is 176 cm³/mol. The normalized spacial score (nSPS) is 25.1. The highest BCUT2D eigenvalue weighted by molar-refractivity contribution is 6.33. The maximum Gasteiger partial charge on any atom is 0.200 e. The minimum absolute atomic E-state index is 0.0587. The van der Waals surface area contributed by atoms with E-state index in [1.807, 2.05) is 54.5 Å². The summed E-state index contributed by atoms with van der Waals surface area (Å²) in [5.41, 5.74) is 1.55. The van der Waals surface area contributed by atoms with E-state index in [0.29, 0.717) is 12.8 Å². The molecule has 2 aliphatic rings. The van der Waals surface area contributed by atoms with Crippen molar-refractivity contribution in [3.8, 4) is 11.5 Å². The van der Waals surface area contributed by atoms with Gasteiger partial charge in [-0.2, -0.15) is 0 Å². The second-order valence-corrected chi connectivity index (χ2v) is 14.3. The third-order valence-corrected chi connectivity index (χ3v) is 9.73. The lowest BCUT2D eigenvalue weighted by Crippen LogP contribution is -2.50. The Morgan fingerprint density at radius 3 is 2.09 bits per heavy atom. The topological polar surface area (TPSA) is 112 Å². The third-order valence-electron chi connectivity index (χ3n) is 9.73. The molecule has 5 atom stereocenters. The van der Waals surface area contributed by atoms with Crippen molar-refractivity contribution in [3.05, 3.63) is 82.2 Å². The molecule has 1 saturated carbocycles. The summed E-state index contributed by atoms with van der Waals surface area (Å²) in [6.07, 6.45) is 7.95. The zero-order valence-corrected chi connectivity index (χ0v) is 27.9. The molecule has 2 bridgehead atoms. The summed E-state index contributed by atoms with van der Waals surface area (Å²) in [6.45, 7) is 22.2. The van der Waals surface area contributed by atoms with E-state index in [0.717, 1.165) is 28.4 Å². The molecule has 0 unspecified atom stereocenters. The number of aliphatic hydroxyl groups is 1. The van der Waals surface area contributed by atoms with Gasteiger partial charge >= 0.3 is 0 Å². The van der Waals surface area contributed by atoms with Gasteiger partial charge in [-0.1, -0.05) is 60.9 Å². The van der Waals surface area contributed by atoms with Gasteiger partial charge in [-0.25, -0.2) is 0 Å². The van der Waals surface area contributed by atoms with Gasteiger partial charge in [-0.3, -0.25) is 14.4 Å². The van der Waals surface area contributed by atoms with Gasteiger partial charge in [-0.15, -0.1) is 0 Å². The lowest BCUT2D eigenvalue weighted by atomic mass is 9.60. The molecule has 1 aromatic carbocycles. The Bertz CT molecular complexity index is 1470. The molecule has 0 aromatic heterocycles. The van der Waals surface area contributed by atoms with Crippen LogP contribution in [0.5, 0.6) is 11.5 Å². The first-order chi connectivity index (χ1) is 20.3. The van der Waals surface area contributed by atoms with Crippen molar-refractivity contribution in [2.45, 2.75) is 88.0 Å². The second-order valence-electron chi connectivity index (χ2n) is 14.3. The van der Waals surface area contributed by atoms with Crippen LogP contribution in [0.4, 0.5) is 0 Å². The van der Waals surface area contributed by atoms with E-state index in [1.54, 1.807) is 0 Å². The lowest BCUT2D eigenvalue weighted by molar-refractivity contribution is -0.142. The number of allylic oxidation sites excluding steroid dienone is 9. The van der Waals surface area contributed by atoms with Gasteiger partial charge in [-0.05, 0) is 116 Å². The number of ketones is 3. The fourth-order valence-electron chi connectivity index (χ4n) is 6.96. The van der Waals surface area contributed by atoms with Crippen LogP contribution in [-0.2, 0) is 9.59 Å². The van der Waals surface area contributed by atoms with Crippen LogP contribution in [0.25, 0.3) is 0 Å². The van der Waals surface area contributed by atoms with Crippen molar-refractivity contribution in [1.29, 1.82) is 0 Å². The fraction of sp³-hybridized carbons (Fsp3) is 0.500. The number of benzene rings is 1. The van der Waals surface area contributed by atoms with Crippen LogP contribution in [0.15, 0.2) is 76.6 Å². The Kier molecular flexibility index (Phi) is 10.4. The van der Waals surface area contributed by atoms with Crippen LogP contribution in [0.2, 0.25) is 0 Å². The van der Waals surface area contributed by atoms with Gasteiger partial charge in [0.2, 0.25) is 0 Å². The van der Waals surface area contributed by atoms with E-state index < -0.39 is 57.1 Å². The molecular formula is C38H50O6. The van der Waals surface area contributed by atoms with Crippen LogP contribution in [0.3, 0.4) is 0 Å². The van der Waals surface area contributed by atoms with E-state index in [-0.39, 0.29) is 36.0 Å². The van der Waals surface area contributed by atoms with Gasteiger partial charge in [0.15, 0.2) is 28.8 Å². The molecule has 238 valence electrons. The number of carbonyl (C=O) groups is 3. The number of aliphatic hydroxyl groups excluding tert-OH is 1. The number of Topliss-reactive ketones (excluding diaryl/α,β-unsaturated/α-hetero) is 3. The van der Waals surface area contributed by atoms with E-state index >= 15 is 0 Å². The fourth-order valence-corrected chi connectivity index (χ4v) is 6.96. The smallest absolute Gasteiger partial charge is 0.200 e. The van der Waals surface area contributed by atoms with Crippen molar-refractivity contribution in [2.75, 3.05) is 0 Å². The largest absolute Gasteiger partial charge is 0.510 e. The number of aromatic hydroxyl groups is 2. The standard InChI is InChI=1S/C38H50O6/c1-21(2)11-13-26(24(7)8)19-38-20-27(15-12-22(3)4)37(9,10)28(17-23(5)6)31(35(38)43)34(42)32(36(38)44)33(41)25-14-16-29(39)30(40)18-25/h11-12,14,16-18,26-28,31,39-40,44H,7,13,15,19-20H2,1-6,8-10H3/t26-,27-,28+,31-,38+/m1/s1. The first-order valence-corrected chi connectivity index (χ1v) is 15.5. The molecule has 44 heavy (non-hydrogen) atoms. The van der Waals surface area contributed by atoms with Gasteiger partial charge in [0, 0.05) is 5.56 Å². The van der Waals surface area contributed by atoms with Crippen LogP contribution < -0.4 is 0 Å². The second kappa shape index (κ2) is 13.1. The quantitative estimate of drug-likeness (QED) is 0.0811. The summed E-state index contributed by atoms with van der Waals surface area (Å²) < 4.78 is 0. The number of hydrogen-bond donors (Lipinski definition) is 3. The summed E-state index contributed by atoms with van der Waals surface area (Å²) >= 11 is 0. The van der Waals surface area contributed by atoms with Crippen LogP contribution in [0.1, 0.15) is 98.4 Å². The van der Waals surface area contributed by atoms with Crippen molar-refractivity contribution in [2.24, 2.45) is 34.5 Å². The van der Waals surface area contributed by atoms with Gasteiger partial charge < -0.3 is 15.3 Å². The first-order valence-electron chi connectivity index (χ1n) is 15.5. The Balaban J connectivity index is 2.44. The lowest BCUT2D eigenvalue weighted by Gasteiger charge is -2.41. The molecule has 0 amide bonds. The third kappa shape index (κ3) is 6.69. The molecule has 0 aliphatic heterocycles. The van der Waals surface area contributed by atoms with Crippen LogP contribution in [-0.4, -0.2) is 32.7 Å². The van der Waals surface area contributed by atoms with Crippen LogP contribution >= 0.6 is 0 Å². The van der Waals surface area contributed by atoms with E-state index in [1.165, 1.54) is 12.1 Å². The molecule has 3 rings (SSSR count). The average molecular weight is 603 g/mol. The number of fused-ring (bicyclic) bond motifs is 2. The highest BCUT2D eigenvalue weighted by Gasteiger charge is 2.63. The summed E-state index contributed by atoms with van der Waals surface area (Å²) in [4.78, 5) is 43.5. The Labute approximate surface area is 263 Å². The number of rotatable bonds is 10. The van der Waals surface area contributed by atoms with Crippen molar-refractivity contribution < 1.29 is 29.7 Å². The van der Waals surface area contributed by atoms with Crippen molar-refractivity contribution in [1.82, 2.24) is 0 Å². The maximum atomic E-state index is 14.9. The molecule has 1 aromatic rings. The molecule has 0 heterocycles. The highest BCUT2D eigenvalue weighted by Crippen LogP contribution is 2.59. The molecule has 6 heteroatoms. The molecule has 1 fully saturated rings. The summed E-state index contributed by atoms with van der Waals surface area (Å²) in [7, 11) is 0. The molecule has 0 spiro atoms. The maximum absolute atomic E-state index is 14.9. The molecule has 0 saturated heterocycles. The number of phenolic OH excluding ortho intramolecular Hbond substituents is 2. The number of carbonyl (C=O) groups excluding carboxylic acids is 3. The molecule has 6 nitrogen and oxygen atoms in total. The Morgan fingerprint density at radius 1 is 0.955 bits per heavy atom. The number of hydrogen-bond acceptors (Lipinski definition) is 6. The van der Waals surface area contributed by atoms with E-state index in [2.05, 4.69) is 32.6 Å². The molecule has 3 N–H and O–H groups in total. The van der Waals surface area contributed by atoms with Crippen molar-refractivity contribution in [3.63, 3.8) is 0 Å². The molecule has 2 aliphatic carbocycles. The monoisotopic (exact) mass is 602 g/mol. The summed E-state index contributed by atoms with van der Waals surface area (Å²) in [6, 6.07) is 3.56. The predicted octanol–water partition coefficient (Wildman–Crippen LogP) is 8.77.